The Hall–Kier alpha value is -1.13. The van der Waals surface area contributed by atoms with Gasteiger partial charge in [0.2, 0.25) is 0 Å². The van der Waals surface area contributed by atoms with Gasteiger partial charge in [-0.3, -0.25) is 4.98 Å². The van der Waals surface area contributed by atoms with Crippen molar-refractivity contribution >= 4 is 39.1 Å². The molecule has 0 radical (unpaired) electrons. The van der Waals surface area contributed by atoms with Gasteiger partial charge in [0.15, 0.2) is 0 Å². The van der Waals surface area contributed by atoms with Crippen molar-refractivity contribution in [2.24, 2.45) is 0 Å². The molecule has 1 N–H and O–H groups in total. The van der Waals surface area contributed by atoms with Gasteiger partial charge in [0.25, 0.3) is 0 Å². The summed E-state index contributed by atoms with van der Waals surface area (Å²) < 4.78 is 0.724. The van der Waals surface area contributed by atoms with Crippen LogP contribution >= 0.6 is 22.9 Å². The third-order valence-electron chi connectivity index (χ3n) is 1.57. The van der Waals surface area contributed by atoms with Crippen molar-refractivity contribution in [1.29, 1.82) is 0 Å². The van der Waals surface area contributed by atoms with Gasteiger partial charge in [-0.15, -0.1) is 11.3 Å². The van der Waals surface area contributed by atoms with Crippen LogP contribution in [0.5, 0.6) is 0 Å². The molecule has 0 spiro atoms. The highest BCUT2D eigenvalue weighted by molar-refractivity contribution is 7.21. The maximum Gasteiger partial charge on any atom is 0.345 e. The van der Waals surface area contributed by atoms with Crippen LogP contribution < -0.4 is 0 Å². The molecular formula is C8H4ClNO2S. The largest absolute Gasteiger partial charge is 0.477 e. The molecule has 2 rings (SSSR count). The normalized spacial score (nSPS) is 10.5. The topological polar surface area (TPSA) is 50.2 Å². The molecule has 66 valence electrons. The Bertz CT molecular complexity index is 480. The van der Waals surface area contributed by atoms with Crippen LogP contribution in [0.4, 0.5) is 0 Å². The third kappa shape index (κ3) is 1.38. The lowest BCUT2D eigenvalue weighted by Crippen LogP contribution is -1.89. The molecular weight excluding hydrogens is 210 g/mol. The standard InChI is InChI=1S/C8H4ClNO2S/c9-4-1-2-10-5-3-6(8(11)12)13-7(4)5/h1-3H,(H,11,12). The first kappa shape index (κ1) is 8.47. The van der Waals surface area contributed by atoms with Crippen LogP contribution in [0.25, 0.3) is 10.2 Å². The molecule has 0 atom stereocenters. The molecule has 0 aliphatic heterocycles. The van der Waals surface area contributed by atoms with Crippen LogP contribution in [0.3, 0.4) is 0 Å². The molecule has 0 saturated carbocycles. The summed E-state index contributed by atoms with van der Waals surface area (Å²) in [5.74, 6) is -0.945. The molecule has 0 aromatic carbocycles. The molecule has 0 aliphatic rings. The average molecular weight is 214 g/mol. The summed E-state index contributed by atoms with van der Waals surface area (Å²) in [4.78, 5) is 14.9. The summed E-state index contributed by atoms with van der Waals surface area (Å²) in [7, 11) is 0. The molecule has 0 unspecified atom stereocenters. The van der Waals surface area contributed by atoms with Crippen LogP contribution in [-0.4, -0.2) is 16.1 Å². The number of carbonyl (C=O) groups is 1. The maximum absolute atomic E-state index is 10.6. The van der Waals surface area contributed by atoms with Crippen molar-refractivity contribution in [3.8, 4) is 0 Å². The van der Waals surface area contributed by atoms with Crippen LogP contribution in [0.2, 0.25) is 5.02 Å². The number of fused-ring (bicyclic) bond motifs is 1. The zero-order valence-corrected chi connectivity index (χ0v) is 7.89. The number of hydrogen-bond donors (Lipinski definition) is 1. The van der Waals surface area contributed by atoms with Crippen molar-refractivity contribution in [1.82, 2.24) is 4.98 Å². The smallest absolute Gasteiger partial charge is 0.345 e. The van der Waals surface area contributed by atoms with Gasteiger partial charge in [0, 0.05) is 6.20 Å². The number of halogens is 1. The van der Waals surface area contributed by atoms with E-state index in [1.54, 1.807) is 12.3 Å². The van der Waals surface area contributed by atoms with E-state index >= 15 is 0 Å². The molecule has 0 fully saturated rings. The number of hydrogen-bond acceptors (Lipinski definition) is 3. The molecule has 5 heteroatoms. The Labute approximate surface area is 82.6 Å². The number of nitrogens with zero attached hydrogens (tertiary/aromatic N) is 1. The van der Waals surface area contributed by atoms with E-state index in [1.165, 1.54) is 6.07 Å². The predicted molar refractivity (Wildman–Crippen MR) is 51.6 cm³/mol. The minimum Gasteiger partial charge on any atom is -0.477 e. The van der Waals surface area contributed by atoms with Gasteiger partial charge in [0.05, 0.1) is 15.2 Å². The second-order valence-electron chi connectivity index (χ2n) is 2.42. The first-order valence-corrected chi connectivity index (χ1v) is 4.65. The third-order valence-corrected chi connectivity index (χ3v) is 3.15. The summed E-state index contributed by atoms with van der Waals surface area (Å²) >= 11 is 6.99. The van der Waals surface area contributed by atoms with Crippen molar-refractivity contribution in [3.63, 3.8) is 0 Å². The lowest BCUT2D eigenvalue weighted by Gasteiger charge is -1.88. The number of rotatable bonds is 1. The van der Waals surface area contributed by atoms with E-state index in [-0.39, 0.29) is 4.88 Å². The quantitative estimate of drug-likeness (QED) is 0.792. The zero-order chi connectivity index (χ0) is 9.42. The van der Waals surface area contributed by atoms with E-state index in [0.29, 0.717) is 10.5 Å². The lowest BCUT2D eigenvalue weighted by molar-refractivity contribution is 0.0702. The molecule has 2 aromatic rings. The van der Waals surface area contributed by atoms with Gasteiger partial charge in [0.1, 0.15) is 4.88 Å². The summed E-state index contributed by atoms with van der Waals surface area (Å²) in [6, 6.07) is 3.17. The highest BCUT2D eigenvalue weighted by atomic mass is 35.5. The first-order chi connectivity index (χ1) is 6.18. The van der Waals surface area contributed by atoms with Gasteiger partial charge in [-0.1, -0.05) is 11.6 Å². The van der Waals surface area contributed by atoms with Gasteiger partial charge in [-0.05, 0) is 12.1 Å². The molecule has 3 nitrogen and oxygen atoms in total. The van der Waals surface area contributed by atoms with E-state index in [2.05, 4.69) is 4.98 Å². The molecule has 0 saturated heterocycles. The van der Waals surface area contributed by atoms with Crippen molar-refractivity contribution in [2.75, 3.05) is 0 Å². The fourth-order valence-corrected chi connectivity index (χ4v) is 2.14. The van der Waals surface area contributed by atoms with E-state index < -0.39 is 5.97 Å². The monoisotopic (exact) mass is 213 g/mol. The molecule has 0 amide bonds. The number of thiophene rings is 1. The lowest BCUT2D eigenvalue weighted by atomic mass is 10.4. The fraction of sp³-hybridized carbons (Fsp3) is 0. The van der Waals surface area contributed by atoms with Gasteiger partial charge < -0.3 is 5.11 Å². The Balaban J connectivity index is 2.75. The Kier molecular flexibility index (Phi) is 1.94. The number of carboxylic acid groups (broad SMARTS) is 1. The predicted octanol–water partition coefficient (Wildman–Crippen LogP) is 2.65. The highest BCUT2D eigenvalue weighted by Crippen LogP contribution is 2.29. The molecule has 2 aromatic heterocycles. The van der Waals surface area contributed by atoms with Crippen LogP contribution in [0.1, 0.15) is 9.67 Å². The van der Waals surface area contributed by atoms with Crippen LogP contribution in [0, 0.1) is 0 Å². The summed E-state index contributed by atoms with van der Waals surface area (Å²) in [5.41, 5.74) is 0.634. The molecule has 13 heavy (non-hydrogen) atoms. The number of carboxylic acids is 1. The Morgan fingerprint density at radius 1 is 1.62 bits per heavy atom. The van der Waals surface area contributed by atoms with Gasteiger partial charge >= 0.3 is 5.97 Å². The van der Waals surface area contributed by atoms with E-state index in [0.717, 1.165) is 16.0 Å². The first-order valence-electron chi connectivity index (χ1n) is 3.46. The highest BCUT2D eigenvalue weighted by Gasteiger charge is 2.10. The SMILES string of the molecule is O=C(O)c1cc2nccc(Cl)c2s1. The fourth-order valence-electron chi connectivity index (χ4n) is 1.01. The Morgan fingerprint density at radius 2 is 2.38 bits per heavy atom. The summed E-state index contributed by atoms with van der Waals surface area (Å²) in [6.45, 7) is 0. The maximum atomic E-state index is 10.6. The van der Waals surface area contributed by atoms with Crippen molar-refractivity contribution in [3.05, 3.63) is 28.2 Å². The molecule has 2 heterocycles. The van der Waals surface area contributed by atoms with Crippen LogP contribution in [-0.2, 0) is 0 Å². The van der Waals surface area contributed by atoms with Gasteiger partial charge in [-0.2, -0.15) is 0 Å². The minimum atomic E-state index is -0.945. The second kappa shape index (κ2) is 2.97. The summed E-state index contributed by atoms with van der Waals surface area (Å²) in [6.07, 6.45) is 1.56. The molecule has 0 bridgehead atoms. The number of aromatic nitrogens is 1. The molecule has 0 aliphatic carbocycles. The minimum absolute atomic E-state index is 0.260. The van der Waals surface area contributed by atoms with Gasteiger partial charge in [-0.25, -0.2) is 4.79 Å². The Morgan fingerprint density at radius 3 is 3.00 bits per heavy atom. The second-order valence-corrected chi connectivity index (χ2v) is 3.88. The van der Waals surface area contributed by atoms with E-state index in [1.807, 2.05) is 0 Å². The zero-order valence-electron chi connectivity index (χ0n) is 6.32. The van der Waals surface area contributed by atoms with Crippen molar-refractivity contribution < 1.29 is 9.90 Å². The van der Waals surface area contributed by atoms with Crippen molar-refractivity contribution in [2.45, 2.75) is 0 Å². The number of pyridine rings is 1. The van der Waals surface area contributed by atoms with E-state index in [4.69, 9.17) is 16.7 Å². The van der Waals surface area contributed by atoms with E-state index in [9.17, 15) is 4.79 Å². The number of aromatic carboxylic acids is 1. The average Bonchev–Trinajstić information content (AvgIpc) is 2.49. The van der Waals surface area contributed by atoms with Crippen LogP contribution in [0.15, 0.2) is 18.3 Å². The summed E-state index contributed by atoms with van der Waals surface area (Å²) in [5, 5.41) is 9.26.